The van der Waals surface area contributed by atoms with Crippen molar-refractivity contribution in [2.45, 2.75) is 25.8 Å². The van der Waals surface area contributed by atoms with E-state index in [1.165, 1.54) is 4.90 Å². The molecule has 2 aliphatic heterocycles. The van der Waals surface area contributed by atoms with Crippen molar-refractivity contribution in [1.29, 1.82) is 0 Å². The van der Waals surface area contributed by atoms with E-state index in [4.69, 9.17) is 18.9 Å². The van der Waals surface area contributed by atoms with E-state index in [2.05, 4.69) is 0 Å². The van der Waals surface area contributed by atoms with Crippen molar-refractivity contribution in [1.82, 2.24) is 0 Å². The highest BCUT2D eigenvalue weighted by Crippen LogP contribution is 2.47. The Labute approximate surface area is 191 Å². The predicted octanol–water partition coefficient (Wildman–Crippen LogP) is 3.74. The van der Waals surface area contributed by atoms with Gasteiger partial charge in [0.05, 0.1) is 25.3 Å². The van der Waals surface area contributed by atoms with Gasteiger partial charge in [-0.25, -0.2) is 0 Å². The lowest BCUT2D eigenvalue weighted by Gasteiger charge is -2.29. The molecule has 0 bridgehead atoms. The number of methoxy groups -OCH3 is 1. The van der Waals surface area contributed by atoms with E-state index in [1.807, 2.05) is 6.92 Å². The third-order valence-electron chi connectivity index (χ3n) is 6.03. The molecule has 1 unspecified atom stereocenters. The maximum absolute atomic E-state index is 13.3. The fourth-order valence-corrected chi connectivity index (χ4v) is 4.32. The molecule has 2 heterocycles. The molecule has 8 heteroatoms. The summed E-state index contributed by atoms with van der Waals surface area (Å²) in [5.74, 6) is 0.631. The molecule has 1 aliphatic carbocycles. The van der Waals surface area contributed by atoms with Crippen LogP contribution in [0, 0.1) is 5.92 Å². The number of ether oxygens (including phenoxy) is 4. The number of aliphatic hydroxyl groups excluding tert-OH is 1. The Bertz CT molecular complexity index is 1150. The minimum Gasteiger partial charge on any atom is -0.503 e. The van der Waals surface area contributed by atoms with Crippen LogP contribution in [0.3, 0.4) is 0 Å². The SMILES string of the molecule is CCOc1cc(C2C(C(=O)C3CC3)=C(O)C(=O)N2c2ccc3c(c2)OCCO3)ccc1OC. The molecule has 0 aromatic heterocycles. The molecule has 3 aliphatic rings. The molecule has 1 N–H and O–H groups in total. The first-order valence-corrected chi connectivity index (χ1v) is 11.0. The number of nitrogens with zero attached hydrogens (tertiary/aromatic N) is 1. The Morgan fingerprint density at radius 3 is 2.55 bits per heavy atom. The summed E-state index contributed by atoms with van der Waals surface area (Å²) in [4.78, 5) is 27.9. The van der Waals surface area contributed by atoms with E-state index in [0.717, 1.165) is 12.8 Å². The van der Waals surface area contributed by atoms with Gasteiger partial charge in [0.2, 0.25) is 0 Å². The topological polar surface area (TPSA) is 94.5 Å². The van der Waals surface area contributed by atoms with Gasteiger partial charge in [0.15, 0.2) is 34.5 Å². The number of amides is 1. The van der Waals surface area contributed by atoms with Crippen LogP contribution in [0.4, 0.5) is 5.69 Å². The van der Waals surface area contributed by atoms with Crippen LogP contribution >= 0.6 is 0 Å². The number of carbonyl (C=O) groups excluding carboxylic acids is 2. The molecule has 1 atom stereocenters. The van der Waals surface area contributed by atoms with Crippen molar-refractivity contribution >= 4 is 17.4 Å². The number of Topliss-reactive ketones (excluding diaryl/α,β-unsaturated/α-hetero) is 1. The smallest absolute Gasteiger partial charge is 0.294 e. The molecule has 172 valence electrons. The van der Waals surface area contributed by atoms with Crippen LogP contribution in [0.1, 0.15) is 31.4 Å². The van der Waals surface area contributed by atoms with Crippen molar-refractivity contribution in [2.24, 2.45) is 5.92 Å². The normalized spacial score (nSPS) is 19.6. The molecular weight excluding hydrogens is 426 g/mol. The average Bonchev–Trinajstić information content (AvgIpc) is 3.65. The Hall–Kier alpha value is -3.68. The summed E-state index contributed by atoms with van der Waals surface area (Å²) in [6.07, 6.45) is 1.51. The van der Waals surface area contributed by atoms with Gasteiger partial charge in [-0.1, -0.05) is 6.07 Å². The third-order valence-corrected chi connectivity index (χ3v) is 6.03. The van der Waals surface area contributed by atoms with E-state index in [0.29, 0.717) is 54.1 Å². The van der Waals surface area contributed by atoms with Gasteiger partial charge in [-0.3, -0.25) is 14.5 Å². The number of hydrogen-bond donors (Lipinski definition) is 1. The van der Waals surface area contributed by atoms with Crippen LogP contribution in [0.25, 0.3) is 0 Å². The van der Waals surface area contributed by atoms with E-state index >= 15 is 0 Å². The van der Waals surface area contributed by atoms with E-state index in [1.54, 1.807) is 43.5 Å². The van der Waals surface area contributed by atoms with Gasteiger partial charge in [0, 0.05) is 17.7 Å². The number of carbonyl (C=O) groups is 2. The number of ketones is 1. The van der Waals surface area contributed by atoms with E-state index < -0.39 is 17.7 Å². The van der Waals surface area contributed by atoms with Gasteiger partial charge in [-0.2, -0.15) is 0 Å². The van der Waals surface area contributed by atoms with Gasteiger partial charge in [-0.05, 0) is 49.6 Å². The highest BCUT2D eigenvalue weighted by atomic mass is 16.6. The fraction of sp³-hybridized carbons (Fsp3) is 0.360. The maximum atomic E-state index is 13.3. The van der Waals surface area contributed by atoms with Gasteiger partial charge in [-0.15, -0.1) is 0 Å². The summed E-state index contributed by atoms with van der Waals surface area (Å²) in [6, 6.07) is 9.62. The lowest BCUT2D eigenvalue weighted by Crippen LogP contribution is -2.31. The lowest BCUT2D eigenvalue weighted by molar-refractivity contribution is -0.118. The first-order chi connectivity index (χ1) is 16.0. The van der Waals surface area contributed by atoms with Crippen LogP contribution in [-0.2, 0) is 9.59 Å². The standard InChI is InChI=1S/C25H25NO7/c1-3-31-19-12-15(6-8-17(19)30-2)22-21(23(27)14-4-5-14)24(28)25(29)26(22)16-7-9-18-20(13-16)33-11-10-32-18/h6-9,12-14,22,28H,3-5,10-11H2,1-2H3. The third kappa shape index (κ3) is 3.65. The second-order valence-corrected chi connectivity index (χ2v) is 8.15. The second kappa shape index (κ2) is 8.35. The molecule has 5 rings (SSSR count). The molecule has 0 spiro atoms. The van der Waals surface area contributed by atoms with Crippen LogP contribution in [0.15, 0.2) is 47.7 Å². The van der Waals surface area contributed by atoms with E-state index in [-0.39, 0.29) is 17.3 Å². The summed E-state index contributed by atoms with van der Waals surface area (Å²) in [5.41, 5.74) is 1.24. The molecule has 0 saturated heterocycles. The Morgan fingerprint density at radius 2 is 1.85 bits per heavy atom. The quantitative estimate of drug-likeness (QED) is 0.685. The first-order valence-electron chi connectivity index (χ1n) is 11.0. The van der Waals surface area contributed by atoms with Gasteiger partial charge < -0.3 is 24.1 Å². The molecular formula is C25H25NO7. The zero-order valence-corrected chi connectivity index (χ0v) is 18.5. The van der Waals surface area contributed by atoms with Crippen LogP contribution in [0.2, 0.25) is 0 Å². The maximum Gasteiger partial charge on any atom is 0.294 e. The number of hydrogen-bond acceptors (Lipinski definition) is 7. The number of benzene rings is 2. The molecule has 1 saturated carbocycles. The summed E-state index contributed by atoms with van der Waals surface area (Å²) in [6.45, 7) is 3.13. The Kier molecular flexibility index (Phi) is 5.36. The van der Waals surface area contributed by atoms with E-state index in [9.17, 15) is 14.7 Å². The van der Waals surface area contributed by atoms with Crippen LogP contribution in [0.5, 0.6) is 23.0 Å². The molecule has 33 heavy (non-hydrogen) atoms. The first kappa shape index (κ1) is 21.2. The second-order valence-electron chi connectivity index (χ2n) is 8.15. The zero-order chi connectivity index (χ0) is 23.1. The summed E-state index contributed by atoms with van der Waals surface area (Å²) in [5, 5.41) is 10.8. The Balaban J connectivity index is 1.63. The van der Waals surface area contributed by atoms with Crippen molar-refractivity contribution in [3.63, 3.8) is 0 Å². The van der Waals surface area contributed by atoms with Gasteiger partial charge >= 0.3 is 0 Å². The molecule has 1 amide bonds. The zero-order valence-electron chi connectivity index (χ0n) is 18.5. The number of rotatable bonds is 7. The minimum absolute atomic E-state index is 0.116. The molecule has 1 fully saturated rings. The summed E-state index contributed by atoms with van der Waals surface area (Å²) >= 11 is 0. The molecule has 2 aromatic carbocycles. The van der Waals surface area contributed by atoms with Crippen molar-refractivity contribution in [3.8, 4) is 23.0 Å². The number of fused-ring (bicyclic) bond motifs is 1. The van der Waals surface area contributed by atoms with Crippen LogP contribution < -0.4 is 23.8 Å². The predicted molar refractivity (Wildman–Crippen MR) is 119 cm³/mol. The van der Waals surface area contributed by atoms with Gasteiger partial charge in [0.25, 0.3) is 5.91 Å². The van der Waals surface area contributed by atoms with Crippen molar-refractivity contribution < 1.29 is 33.6 Å². The lowest BCUT2D eigenvalue weighted by atomic mass is 9.93. The number of anilines is 1. The van der Waals surface area contributed by atoms with Crippen LogP contribution in [-0.4, -0.2) is 43.7 Å². The highest BCUT2D eigenvalue weighted by Gasteiger charge is 2.48. The van der Waals surface area contributed by atoms with Crippen molar-refractivity contribution in [3.05, 3.63) is 53.3 Å². The molecule has 8 nitrogen and oxygen atoms in total. The molecule has 2 aromatic rings. The summed E-state index contributed by atoms with van der Waals surface area (Å²) < 4.78 is 22.4. The monoisotopic (exact) mass is 451 g/mol. The largest absolute Gasteiger partial charge is 0.503 e. The van der Waals surface area contributed by atoms with Crippen molar-refractivity contribution in [2.75, 3.05) is 31.8 Å². The summed E-state index contributed by atoms with van der Waals surface area (Å²) in [7, 11) is 1.55. The minimum atomic E-state index is -0.807. The fourth-order valence-electron chi connectivity index (χ4n) is 4.32. The highest BCUT2D eigenvalue weighted by molar-refractivity contribution is 6.17. The number of aliphatic hydroxyl groups is 1. The molecule has 0 radical (unpaired) electrons. The Morgan fingerprint density at radius 1 is 1.09 bits per heavy atom. The van der Waals surface area contributed by atoms with Gasteiger partial charge in [0.1, 0.15) is 13.2 Å². The average molecular weight is 451 g/mol.